The van der Waals surface area contributed by atoms with Gasteiger partial charge in [-0.1, -0.05) is 61.5 Å². The molecule has 0 spiro atoms. The van der Waals surface area contributed by atoms with Crippen LogP contribution in [-0.2, 0) is 0 Å². The zero-order chi connectivity index (χ0) is 14.5. The van der Waals surface area contributed by atoms with Crippen LogP contribution >= 0.6 is 0 Å². The Bertz CT molecular complexity index is 626. The van der Waals surface area contributed by atoms with E-state index < -0.39 is 0 Å². The summed E-state index contributed by atoms with van der Waals surface area (Å²) in [6, 6.07) is 21.2. The minimum atomic E-state index is 0.478. The lowest BCUT2D eigenvalue weighted by Gasteiger charge is -2.19. The molecule has 1 heteroatoms. The minimum Gasteiger partial charge on any atom is -0.238 e. The van der Waals surface area contributed by atoms with Gasteiger partial charge in [0, 0.05) is 0 Å². The first-order chi connectivity index (χ1) is 10.3. The van der Waals surface area contributed by atoms with Crippen molar-refractivity contribution in [3.05, 3.63) is 96.7 Å². The molecule has 1 aliphatic rings. The second-order valence-corrected chi connectivity index (χ2v) is 5.33. The fraction of sp³-hybridized carbons (Fsp3) is 0.100. The molecule has 104 valence electrons. The molecule has 0 saturated carbocycles. The summed E-state index contributed by atoms with van der Waals surface area (Å²) in [4.78, 5) is 1.28. The highest BCUT2D eigenvalue weighted by Crippen LogP contribution is 2.13. The second-order valence-electron chi connectivity index (χ2n) is 5.33. The van der Waals surface area contributed by atoms with Gasteiger partial charge in [0.25, 0.3) is 0 Å². The highest BCUT2D eigenvalue weighted by Gasteiger charge is 2.19. The van der Waals surface area contributed by atoms with Crippen molar-refractivity contribution in [3.63, 3.8) is 0 Å². The van der Waals surface area contributed by atoms with Crippen LogP contribution in [0.1, 0.15) is 6.92 Å². The topological polar surface area (TPSA) is 4.44 Å². The molecule has 0 heterocycles. The summed E-state index contributed by atoms with van der Waals surface area (Å²) in [5, 5.41) is 0. The van der Waals surface area contributed by atoms with Crippen molar-refractivity contribution in [2.45, 2.75) is 6.92 Å². The molecule has 2 aromatic carbocycles. The lowest BCUT2D eigenvalue weighted by atomic mass is 10.1. The van der Waals surface area contributed by atoms with E-state index in [0.717, 1.165) is 0 Å². The molecule has 2 aromatic rings. The highest BCUT2D eigenvalue weighted by molar-refractivity contribution is 5.41. The van der Waals surface area contributed by atoms with Crippen molar-refractivity contribution >= 4 is 11.4 Å². The maximum Gasteiger partial charge on any atom is 0.141 e. The Morgan fingerprint density at radius 1 is 0.762 bits per heavy atom. The van der Waals surface area contributed by atoms with Crippen LogP contribution in [0.4, 0.5) is 11.4 Å². The molecule has 0 aromatic heterocycles. The molecule has 21 heavy (non-hydrogen) atoms. The van der Waals surface area contributed by atoms with Gasteiger partial charge in [0.15, 0.2) is 0 Å². The third kappa shape index (κ3) is 3.21. The molecule has 0 radical (unpaired) electrons. The number of hydrogen-bond acceptors (Lipinski definition) is 0. The molecule has 1 atom stereocenters. The van der Waals surface area contributed by atoms with E-state index in [1.165, 1.54) is 22.0 Å². The van der Waals surface area contributed by atoms with E-state index in [1.807, 2.05) is 0 Å². The molecular formula is C20H20N+. The maximum absolute atomic E-state index is 2.25. The van der Waals surface area contributed by atoms with Gasteiger partial charge < -0.3 is 0 Å². The SMILES string of the molecule is CC1C=CC=C([NH+](c2ccccc2)c2ccccc2)C=C1. The van der Waals surface area contributed by atoms with Gasteiger partial charge in [-0.3, -0.25) is 0 Å². The lowest BCUT2D eigenvalue weighted by molar-refractivity contribution is -0.710. The minimum absolute atomic E-state index is 0.478. The van der Waals surface area contributed by atoms with Crippen LogP contribution in [0, 0.1) is 5.92 Å². The standard InChI is InChI=1S/C20H19N/c1-17-9-8-14-20(16-15-17)21(18-10-4-2-5-11-18)19-12-6-3-7-13-19/h2-17H,1H3/p+1. The quantitative estimate of drug-likeness (QED) is 0.856. The summed E-state index contributed by atoms with van der Waals surface area (Å²) in [7, 11) is 0. The smallest absolute Gasteiger partial charge is 0.141 e. The van der Waals surface area contributed by atoms with E-state index in [-0.39, 0.29) is 0 Å². The largest absolute Gasteiger partial charge is 0.238 e. The van der Waals surface area contributed by atoms with Crippen molar-refractivity contribution in [3.8, 4) is 0 Å². The van der Waals surface area contributed by atoms with Gasteiger partial charge in [-0.05, 0) is 42.3 Å². The van der Waals surface area contributed by atoms with Gasteiger partial charge in [-0.25, -0.2) is 4.90 Å². The summed E-state index contributed by atoms with van der Waals surface area (Å²) in [6.07, 6.45) is 11.1. The maximum atomic E-state index is 2.25. The number of quaternary nitrogens is 1. The number of para-hydroxylation sites is 2. The van der Waals surface area contributed by atoms with Crippen LogP contribution in [0.25, 0.3) is 0 Å². The summed E-state index contributed by atoms with van der Waals surface area (Å²) in [6.45, 7) is 2.20. The molecule has 0 saturated heterocycles. The van der Waals surface area contributed by atoms with Crippen molar-refractivity contribution in [1.29, 1.82) is 0 Å². The molecule has 0 bridgehead atoms. The summed E-state index contributed by atoms with van der Waals surface area (Å²) in [5.41, 5.74) is 3.76. The second kappa shape index (κ2) is 6.38. The van der Waals surface area contributed by atoms with E-state index in [4.69, 9.17) is 0 Å². The zero-order valence-corrected chi connectivity index (χ0v) is 12.2. The number of rotatable bonds is 3. The first-order valence-electron chi connectivity index (χ1n) is 7.39. The predicted octanol–water partition coefficient (Wildman–Crippen LogP) is 4.18. The van der Waals surface area contributed by atoms with Gasteiger partial charge in [0.05, 0.1) is 0 Å². The Balaban J connectivity index is 2.07. The molecule has 0 fully saturated rings. The van der Waals surface area contributed by atoms with Crippen LogP contribution in [0.2, 0.25) is 0 Å². The number of allylic oxidation sites excluding steroid dienone is 5. The average molecular weight is 274 g/mol. The number of hydrogen-bond donors (Lipinski definition) is 1. The molecule has 3 rings (SSSR count). The molecular weight excluding hydrogens is 254 g/mol. The van der Waals surface area contributed by atoms with Crippen LogP contribution < -0.4 is 4.90 Å². The molecule has 0 aliphatic heterocycles. The first kappa shape index (κ1) is 13.6. The Kier molecular flexibility index (Phi) is 4.13. The summed E-state index contributed by atoms with van der Waals surface area (Å²) in [5.74, 6) is 0.478. The number of nitrogens with one attached hydrogen (secondary N) is 1. The van der Waals surface area contributed by atoms with Gasteiger partial charge in [-0.2, -0.15) is 0 Å². The predicted molar refractivity (Wildman–Crippen MR) is 88.7 cm³/mol. The molecule has 1 unspecified atom stereocenters. The Labute approximate surface area is 126 Å². The number of benzene rings is 2. The van der Waals surface area contributed by atoms with E-state index >= 15 is 0 Å². The monoisotopic (exact) mass is 274 g/mol. The third-order valence-electron chi connectivity index (χ3n) is 3.68. The Morgan fingerprint density at radius 2 is 1.33 bits per heavy atom. The van der Waals surface area contributed by atoms with Crippen LogP contribution in [0.5, 0.6) is 0 Å². The average Bonchev–Trinajstić information content (AvgIpc) is 2.75. The van der Waals surface area contributed by atoms with Crippen LogP contribution in [0.15, 0.2) is 96.7 Å². The van der Waals surface area contributed by atoms with E-state index in [0.29, 0.717) is 5.92 Å². The third-order valence-corrected chi connectivity index (χ3v) is 3.68. The highest BCUT2D eigenvalue weighted by atomic mass is 15.1. The summed E-state index contributed by atoms with van der Waals surface area (Å²) < 4.78 is 0. The van der Waals surface area contributed by atoms with Gasteiger partial charge in [-0.15, -0.1) is 0 Å². The van der Waals surface area contributed by atoms with Crippen molar-refractivity contribution in [1.82, 2.24) is 0 Å². The lowest BCUT2D eigenvalue weighted by Crippen LogP contribution is -2.99. The summed E-state index contributed by atoms with van der Waals surface area (Å²) >= 11 is 0. The van der Waals surface area contributed by atoms with Gasteiger partial charge >= 0.3 is 0 Å². The zero-order valence-electron chi connectivity index (χ0n) is 12.2. The van der Waals surface area contributed by atoms with Crippen molar-refractivity contribution in [2.24, 2.45) is 5.92 Å². The first-order valence-corrected chi connectivity index (χ1v) is 7.39. The van der Waals surface area contributed by atoms with Crippen molar-refractivity contribution < 1.29 is 4.90 Å². The van der Waals surface area contributed by atoms with Gasteiger partial charge in [0.1, 0.15) is 17.1 Å². The molecule has 0 amide bonds. The molecule has 1 N–H and O–H groups in total. The fourth-order valence-electron chi connectivity index (χ4n) is 2.59. The van der Waals surface area contributed by atoms with E-state index in [1.54, 1.807) is 0 Å². The Hall–Kier alpha value is -2.38. The fourth-order valence-corrected chi connectivity index (χ4v) is 2.59. The van der Waals surface area contributed by atoms with Gasteiger partial charge in [0.2, 0.25) is 0 Å². The molecule has 1 aliphatic carbocycles. The van der Waals surface area contributed by atoms with Crippen molar-refractivity contribution in [2.75, 3.05) is 0 Å². The van der Waals surface area contributed by atoms with E-state index in [2.05, 4.69) is 98.0 Å². The van der Waals surface area contributed by atoms with Crippen LogP contribution in [-0.4, -0.2) is 0 Å². The van der Waals surface area contributed by atoms with E-state index in [9.17, 15) is 0 Å². The molecule has 1 nitrogen and oxygen atoms in total. The normalized spacial score (nSPS) is 17.6. The Morgan fingerprint density at radius 3 is 1.90 bits per heavy atom. The van der Waals surface area contributed by atoms with Crippen LogP contribution in [0.3, 0.4) is 0 Å².